The van der Waals surface area contributed by atoms with Crippen LogP contribution in [0.5, 0.6) is 0 Å². The summed E-state index contributed by atoms with van der Waals surface area (Å²) >= 11 is 0. The van der Waals surface area contributed by atoms with Crippen LogP contribution in [0, 0.1) is 0 Å². The average molecular weight is 693 g/mol. The monoisotopic (exact) mass is 692 g/mol. The van der Waals surface area contributed by atoms with Gasteiger partial charge >= 0.3 is 0 Å². The van der Waals surface area contributed by atoms with E-state index in [4.69, 9.17) is 15.0 Å². The molecule has 2 aliphatic heterocycles. The summed E-state index contributed by atoms with van der Waals surface area (Å²) in [6.07, 6.45) is 0. The Morgan fingerprint density at radius 1 is 0.444 bits per heavy atom. The second kappa shape index (κ2) is 10.5. The molecule has 0 amide bonds. The van der Waals surface area contributed by atoms with Crippen LogP contribution >= 0.6 is 0 Å². The van der Waals surface area contributed by atoms with Crippen molar-refractivity contribution in [1.82, 2.24) is 24.1 Å². The van der Waals surface area contributed by atoms with Gasteiger partial charge in [-0.2, -0.15) is 9.97 Å². The van der Waals surface area contributed by atoms with Crippen LogP contribution in [0.3, 0.4) is 0 Å². The number of nitrogens with zero attached hydrogens (tertiary/aromatic N) is 6. The van der Waals surface area contributed by atoms with E-state index in [-0.39, 0.29) is 5.41 Å². The molecule has 0 spiro atoms. The van der Waals surface area contributed by atoms with Gasteiger partial charge in [-0.15, -0.1) is 0 Å². The molecule has 3 aromatic heterocycles. The van der Waals surface area contributed by atoms with Crippen LogP contribution in [0.1, 0.15) is 25.0 Å². The molecule has 6 heteroatoms. The Bertz CT molecular complexity index is 3130. The topological polar surface area (TPSA) is 51.8 Å². The molecule has 7 aromatic carbocycles. The molecule has 54 heavy (non-hydrogen) atoms. The second-order valence-corrected chi connectivity index (χ2v) is 14.9. The number of hydrogen-bond donors (Lipinski definition) is 0. The summed E-state index contributed by atoms with van der Waals surface area (Å²) in [5, 5.41) is 5.02. The summed E-state index contributed by atoms with van der Waals surface area (Å²) in [5.41, 5.74) is 13.3. The van der Waals surface area contributed by atoms with Gasteiger partial charge in [-0.25, -0.2) is 4.98 Å². The Morgan fingerprint density at radius 2 is 1.00 bits per heavy atom. The van der Waals surface area contributed by atoms with E-state index >= 15 is 0 Å². The van der Waals surface area contributed by atoms with Gasteiger partial charge in [0.05, 0.1) is 44.8 Å². The van der Waals surface area contributed by atoms with Gasteiger partial charge in [0.25, 0.3) is 0 Å². The molecule has 10 aromatic rings. The molecular weight excluding hydrogens is 661 g/mol. The Labute approximate surface area is 311 Å². The van der Waals surface area contributed by atoms with Gasteiger partial charge in [-0.05, 0) is 41.5 Å². The first kappa shape index (κ1) is 29.5. The second-order valence-electron chi connectivity index (χ2n) is 14.9. The Morgan fingerprint density at radius 3 is 1.70 bits per heavy atom. The first-order valence-corrected chi connectivity index (χ1v) is 18.5. The summed E-state index contributed by atoms with van der Waals surface area (Å²) in [6.45, 7) is 4.80. The number of hydrogen-bond acceptors (Lipinski definition) is 4. The maximum absolute atomic E-state index is 5.31. The third-order valence-electron chi connectivity index (χ3n) is 11.6. The van der Waals surface area contributed by atoms with Crippen LogP contribution in [0.25, 0.3) is 77.8 Å². The van der Waals surface area contributed by atoms with Crippen molar-refractivity contribution < 1.29 is 0 Å². The van der Waals surface area contributed by atoms with E-state index in [9.17, 15) is 0 Å². The predicted octanol–water partition coefficient (Wildman–Crippen LogP) is 11.8. The van der Waals surface area contributed by atoms with E-state index in [1.807, 2.05) is 36.4 Å². The number of para-hydroxylation sites is 5. The van der Waals surface area contributed by atoms with Crippen molar-refractivity contribution in [1.29, 1.82) is 0 Å². The van der Waals surface area contributed by atoms with E-state index in [0.29, 0.717) is 17.6 Å². The Kier molecular flexibility index (Phi) is 5.75. The molecule has 0 saturated heterocycles. The van der Waals surface area contributed by atoms with Crippen LogP contribution < -0.4 is 4.90 Å². The summed E-state index contributed by atoms with van der Waals surface area (Å²) in [4.78, 5) is 18.0. The van der Waals surface area contributed by atoms with Crippen LogP contribution in [0.4, 0.5) is 17.3 Å². The summed E-state index contributed by atoms with van der Waals surface area (Å²) in [6, 6.07) is 56.0. The lowest BCUT2D eigenvalue weighted by Crippen LogP contribution is -2.28. The summed E-state index contributed by atoms with van der Waals surface area (Å²) in [5.74, 6) is 1.83. The fourth-order valence-corrected chi connectivity index (χ4v) is 9.36. The van der Waals surface area contributed by atoms with Gasteiger partial charge in [-0.1, -0.05) is 141 Å². The zero-order chi connectivity index (χ0) is 35.7. The molecule has 0 aliphatic carbocycles. The summed E-state index contributed by atoms with van der Waals surface area (Å²) < 4.78 is 4.98. The van der Waals surface area contributed by atoms with Gasteiger partial charge in [0, 0.05) is 38.1 Å². The van der Waals surface area contributed by atoms with E-state index in [1.54, 1.807) is 0 Å². The molecule has 0 N–H and O–H groups in total. The summed E-state index contributed by atoms with van der Waals surface area (Å²) in [7, 11) is 0. The molecule has 0 atom stereocenters. The van der Waals surface area contributed by atoms with Gasteiger partial charge in [-0.3, -0.25) is 4.90 Å². The molecule has 0 fully saturated rings. The number of fused-ring (bicyclic) bond motifs is 11. The Balaban J connectivity index is 1.27. The maximum atomic E-state index is 5.31. The molecule has 0 radical (unpaired) electrons. The largest absolute Gasteiger partial charge is 0.309 e. The first-order valence-electron chi connectivity index (χ1n) is 18.5. The SMILES string of the molecule is CC1(C)c2c(cc3c4c2c2ccccc2n4-c2ccccc2N3c2nc(-c3ccccc3)nc(-c3ccccc3)n2)-n2c3ccccc3c3cccc1c32. The van der Waals surface area contributed by atoms with Crippen molar-refractivity contribution in [2.24, 2.45) is 0 Å². The molecule has 0 bridgehead atoms. The number of rotatable bonds is 3. The minimum absolute atomic E-state index is 0.303. The fourth-order valence-electron chi connectivity index (χ4n) is 9.36. The lowest BCUT2D eigenvalue weighted by Gasteiger charge is -2.38. The fraction of sp³-hybridized carbons (Fsp3) is 0.0625. The third kappa shape index (κ3) is 3.76. The van der Waals surface area contributed by atoms with Crippen LogP contribution in [0.2, 0.25) is 0 Å². The molecule has 254 valence electrons. The normalized spacial score (nSPS) is 13.9. The number of anilines is 3. The molecule has 0 saturated carbocycles. The van der Waals surface area contributed by atoms with Crippen LogP contribution in [-0.2, 0) is 5.41 Å². The minimum atomic E-state index is -0.303. The highest BCUT2D eigenvalue weighted by Crippen LogP contribution is 2.57. The van der Waals surface area contributed by atoms with Crippen LogP contribution in [-0.4, -0.2) is 24.1 Å². The van der Waals surface area contributed by atoms with Crippen molar-refractivity contribution in [3.63, 3.8) is 0 Å². The lowest BCUT2D eigenvalue weighted by atomic mass is 9.73. The molecule has 12 rings (SSSR count). The van der Waals surface area contributed by atoms with Crippen molar-refractivity contribution in [2.75, 3.05) is 4.90 Å². The highest BCUT2D eigenvalue weighted by molar-refractivity contribution is 6.21. The van der Waals surface area contributed by atoms with E-state index in [1.165, 1.54) is 54.9 Å². The van der Waals surface area contributed by atoms with Crippen molar-refractivity contribution >= 4 is 60.9 Å². The highest BCUT2D eigenvalue weighted by Gasteiger charge is 2.41. The maximum Gasteiger partial charge on any atom is 0.238 e. The predicted molar refractivity (Wildman–Crippen MR) is 220 cm³/mol. The minimum Gasteiger partial charge on any atom is -0.309 e. The third-order valence-corrected chi connectivity index (χ3v) is 11.6. The van der Waals surface area contributed by atoms with Crippen molar-refractivity contribution in [3.05, 3.63) is 169 Å². The number of benzene rings is 7. The highest BCUT2D eigenvalue weighted by atomic mass is 15.3. The average Bonchev–Trinajstić information content (AvgIpc) is 3.75. The molecule has 2 aliphatic rings. The van der Waals surface area contributed by atoms with E-state index in [2.05, 4.69) is 149 Å². The molecule has 0 unspecified atom stereocenters. The number of aromatic nitrogens is 5. The lowest BCUT2D eigenvalue weighted by molar-refractivity contribution is 0.637. The van der Waals surface area contributed by atoms with Gasteiger partial charge in [0.15, 0.2) is 11.6 Å². The van der Waals surface area contributed by atoms with E-state index in [0.717, 1.165) is 33.7 Å². The van der Waals surface area contributed by atoms with Crippen molar-refractivity contribution in [2.45, 2.75) is 19.3 Å². The smallest absolute Gasteiger partial charge is 0.238 e. The Hall–Kier alpha value is -7.05. The molecular formula is C48H32N6. The van der Waals surface area contributed by atoms with E-state index < -0.39 is 0 Å². The van der Waals surface area contributed by atoms with Gasteiger partial charge in [0.2, 0.25) is 5.95 Å². The van der Waals surface area contributed by atoms with Gasteiger partial charge in [0.1, 0.15) is 0 Å². The van der Waals surface area contributed by atoms with Gasteiger partial charge < -0.3 is 9.13 Å². The molecule has 5 heterocycles. The van der Waals surface area contributed by atoms with Crippen LogP contribution in [0.15, 0.2) is 158 Å². The zero-order valence-electron chi connectivity index (χ0n) is 29.7. The standard InChI is InChI=1S/C48H32N6/c1-48(2)34-23-15-22-32-31-20-9-11-24-35(31)53(43(32)34)39-28-40-44-41(42(39)48)33-21-10-12-25-36(33)52(44)37-26-13-14-27-38(37)54(40)47-50-45(29-16-5-3-6-17-29)49-46(51-47)30-18-7-4-8-19-30/h3-28H,1-2H3. The van der Waals surface area contributed by atoms with Crippen molar-refractivity contribution in [3.8, 4) is 34.2 Å². The molecule has 6 nitrogen and oxygen atoms in total. The first-order chi connectivity index (χ1) is 26.6. The zero-order valence-corrected chi connectivity index (χ0v) is 29.7. The quantitative estimate of drug-likeness (QED) is 0.185.